The highest BCUT2D eigenvalue weighted by Crippen LogP contribution is 2.47. The third kappa shape index (κ3) is 3.94. The number of allylic oxidation sites excluding steroid dienone is 1. The quantitative estimate of drug-likeness (QED) is 0.555. The number of ether oxygens (including phenoxy) is 3. The zero-order valence-corrected chi connectivity index (χ0v) is 15.3. The first-order valence-corrected chi connectivity index (χ1v) is 7.97. The maximum Gasteiger partial charge on any atom is 0.311 e. The third-order valence-electron chi connectivity index (χ3n) is 5.25. The minimum atomic E-state index is -0.660. The molecule has 0 bridgehead atoms. The molecule has 132 valence electrons. The molecule has 0 spiro atoms. The summed E-state index contributed by atoms with van der Waals surface area (Å²) in [6, 6.07) is 0. The van der Waals surface area contributed by atoms with Gasteiger partial charge in [0.05, 0.1) is 31.7 Å². The molecule has 0 radical (unpaired) electrons. The lowest BCUT2D eigenvalue weighted by molar-refractivity contribution is -0.158. The molecule has 3 atom stereocenters. The Labute approximate surface area is 139 Å². The van der Waals surface area contributed by atoms with Crippen LogP contribution in [0.1, 0.15) is 34.1 Å². The molecule has 5 heteroatoms. The maximum atomic E-state index is 12.3. The second-order valence-electron chi connectivity index (χ2n) is 7.38. The van der Waals surface area contributed by atoms with Crippen molar-refractivity contribution in [2.75, 3.05) is 27.9 Å². The average Bonchev–Trinajstić information content (AvgIpc) is 2.53. The molecule has 23 heavy (non-hydrogen) atoms. The van der Waals surface area contributed by atoms with E-state index in [0.717, 1.165) is 0 Å². The molecule has 0 heterocycles. The Hall–Kier alpha value is -1.36. The van der Waals surface area contributed by atoms with Crippen molar-refractivity contribution in [2.24, 2.45) is 28.6 Å². The Balaban J connectivity index is 3.15. The SMILES string of the molecule is COC[C@H]1C=C[C@@H](C(C)(C)C(=O)OC)C[C@H]1C(C)(C)C(=O)OC. The van der Waals surface area contributed by atoms with Gasteiger partial charge in [0.2, 0.25) is 0 Å². The van der Waals surface area contributed by atoms with E-state index in [1.54, 1.807) is 7.11 Å². The number of hydrogen-bond acceptors (Lipinski definition) is 5. The Kier molecular flexibility index (Phi) is 6.40. The van der Waals surface area contributed by atoms with Crippen molar-refractivity contribution in [1.29, 1.82) is 0 Å². The van der Waals surface area contributed by atoms with Crippen LogP contribution >= 0.6 is 0 Å². The first kappa shape index (κ1) is 19.7. The predicted octanol–water partition coefficient (Wildman–Crippen LogP) is 2.84. The highest BCUT2D eigenvalue weighted by molar-refractivity contribution is 5.77. The zero-order valence-electron chi connectivity index (χ0n) is 15.3. The van der Waals surface area contributed by atoms with Crippen LogP contribution in [-0.2, 0) is 23.8 Å². The van der Waals surface area contributed by atoms with Crippen LogP contribution in [0, 0.1) is 28.6 Å². The second-order valence-corrected chi connectivity index (χ2v) is 7.38. The standard InChI is InChI=1S/C18H30O5/c1-17(2,15(19)22-6)13-9-8-12(11-21-5)14(10-13)18(3,4)16(20)23-7/h8-9,12-14H,10-11H2,1-7H3/t12-,13-,14-/m1/s1. The largest absolute Gasteiger partial charge is 0.469 e. The van der Waals surface area contributed by atoms with E-state index in [1.807, 2.05) is 27.7 Å². The third-order valence-corrected chi connectivity index (χ3v) is 5.25. The molecule has 0 aromatic carbocycles. The Bertz CT molecular complexity index is 464. The van der Waals surface area contributed by atoms with E-state index in [9.17, 15) is 9.59 Å². The minimum Gasteiger partial charge on any atom is -0.469 e. The molecule has 0 fully saturated rings. The Morgan fingerprint density at radius 1 is 0.957 bits per heavy atom. The number of esters is 2. The van der Waals surface area contributed by atoms with E-state index in [1.165, 1.54) is 14.2 Å². The van der Waals surface area contributed by atoms with Crippen LogP contribution < -0.4 is 0 Å². The van der Waals surface area contributed by atoms with Crippen molar-refractivity contribution in [1.82, 2.24) is 0 Å². The van der Waals surface area contributed by atoms with Gasteiger partial charge in [0, 0.05) is 13.0 Å². The van der Waals surface area contributed by atoms with Gasteiger partial charge >= 0.3 is 11.9 Å². The molecule has 0 unspecified atom stereocenters. The highest BCUT2D eigenvalue weighted by atomic mass is 16.5. The highest BCUT2D eigenvalue weighted by Gasteiger charge is 2.47. The van der Waals surface area contributed by atoms with Crippen molar-refractivity contribution in [3.63, 3.8) is 0 Å². The molecule has 0 aromatic heterocycles. The first-order valence-electron chi connectivity index (χ1n) is 7.97. The van der Waals surface area contributed by atoms with E-state index in [-0.39, 0.29) is 29.7 Å². The fourth-order valence-corrected chi connectivity index (χ4v) is 3.50. The summed E-state index contributed by atoms with van der Waals surface area (Å²) >= 11 is 0. The number of carbonyl (C=O) groups is 2. The van der Waals surface area contributed by atoms with Crippen molar-refractivity contribution in [2.45, 2.75) is 34.1 Å². The van der Waals surface area contributed by atoms with Crippen molar-refractivity contribution in [3.8, 4) is 0 Å². The summed E-state index contributed by atoms with van der Waals surface area (Å²) in [5.74, 6) is -0.356. The van der Waals surface area contributed by atoms with Crippen molar-refractivity contribution in [3.05, 3.63) is 12.2 Å². The molecule has 0 saturated heterocycles. The van der Waals surface area contributed by atoms with E-state index in [4.69, 9.17) is 14.2 Å². The van der Waals surface area contributed by atoms with Gasteiger partial charge in [-0.3, -0.25) is 9.59 Å². The summed E-state index contributed by atoms with van der Waals surface area (Å²) in [4.78, 5) is 24.4. The monoisotopic (exact) mass is 326 g/mol. The number of rotatable bonds is 6. The zero-order chi connectivity index (χ0) is 17.8. The lowest BCUT2D eigenvalue weighted by atomic mass is 9.61. The summed E-state index contributed by atoms with van der Waals surface area (Å²) in [7, 11) is 4.46. The fraction of sp³-hybridized carbons (Fsp3) is 0.778. The lowest BCUT2D eigenvalue weighted by Crippen LogP contribution is -2.45. The van der Waals surface area contributed by atoms with Crippen molar-refractivity contribution < 1.29 is 23.8 Å². The molecule has 0 amide bonds. The van der Waals surface area contributed by atoms with E-state index >= 15 is 0 Å². The summed E-state index contributed by atoms with van der Waals surface area (Å²) in [6.07, 6.45) is 4.83. The van der Waals surface area contributed by atoms with Gasteiger partial charge < -0.3 is 14.2 Å². The van der Waals surface area contributed by atoms with Gasteiger partial charge in [-0.1, -0.05) is 12.2 Å². The van der Waals surface area contributed by atoms with Crippen LogP contribution in [-0.4, -0.2) is 39.9 Å². The molecule has 0 aliphatic heterocycles. The molecule has 0 aromatic rings. The molecule has 1 aliphatic carbocycles. The smallest absolute Gasteiger partial charge is 0.311 e. The van der Waals surface area contributed by atoms with Gasteiger partial charge in [0.25, 0.3) is 0 Å². The number of carbonyl (C=O) groups excluding carboxylic acids is 2. The molecule has 0 saturated carbocycles. The molecular weight excluding hydrogens is 296 g/mol. The minimum absolute atomic E-state index is 0.00279. The Morgan fingerprint density at radius 2 is 1.48 bits per heavy atom. The van der Waals surface area contributed by atoms with Gasteiger partial charge in [-0.25, -0.2) is 0 Å². The van der Waals surface area contributed by atoms with Crippen LogP contribution in [0.3, 0.4) is 0 Å². The van der Waals surface area contributed by atoms with Crippen LogP contribution in [0.5, 0.6) is 0 Å². The second kappa shape index (κ2) is 7.47. The average molecular weight is 326 g/mol. The van der Waals surface area contributed by atoms with Gasteiger partial charge in [0.1, 0.15) is 0 Å². The first-order chi connectivity index (χ1) is 10.6. The lowest BCUT2D eigenvalue weighted by Gasteiger charge is -2.43. The van der Waals surface area contributed by atoms with Crippen LogP contribution in [0.2, 0.25) is 0 Å². The topological polar surface area (TPSA) is 61.8 Å². The van der Waals surface area contributed by atoms with Gasteiger partial charge in [-0.2, -0.15) is 0 Å². The fourth-order valence-electron chi connectivity index (χ4n) is 3.50. The van der Waals surface area contributed by atoms with E-state index in [2.05, 4.69) is 12.2 Å². The molecule has 1 aliphatic rings. The van der Waals surface area contributed by atoms with Gasteiger partial charge in [-0.05, 0) is 46.0 Å². The van der Waals surface area contributed by atoms with Crippen molar-refractivity contribution >= 4 is 11.9 Å². The predicted molar refractivity (Wildman–Crippen MR) is 87.7 cm³/mol. The molecule has 1 rings (SSSR count). The Morgan fingerprint density at radius 3 is 1.96 bits per heavy atom. The maximum absolute atomic E-state index is 12.3. The summed E-state index contributed by atoms with van der Waals surface area (Å²) < 4.78 is 15.2. The molecular formula is C18H30O5. The summed E-state index contributed by atoms with van der Waals surface area (Å²) in [6.45, 7) is 8.09. The van der Waals surface area contributed by atoms with Crippen LogP contribution in [0.25, 0.3) is 0 Å². The number of methoxy groups -OCH3 is 3. The van der Waals surface area contributed by atoms with Gasteiger partial charge in [-0.15, -0.1) is 0 Å². The summed E-state index contributed by atoms with van der Waals surface area (Å²) in [5, 5.41) is 0. The van der Waals surface area contributed by atoms with E-state index in [0.29, 0.717) is 13.0 Å². The molecule has 5 nitrogen and oxygen atoms in total. The number of hydrogen-bond donors (Lipinski definition) is 0. The normalized spacial score (nSPS) is 25.1. The van der Waals surface area contributed by atoms with Crippen LogP contribution in [0.15, 0.2) is 12.2 Å². The van der Waals surface area contributed by atoms with E-state index < -0.39 is 10.8 Å². The summed E-state index contributed by atoms with van der Waals surface area (Å²) in [5.41, 5.74) is -1.30. The molecule has 0 N–H and O–H groups in total. The van der Waals surface area contributed by atoms with Gasteiger partial charge in [0.15, 0.2) is 0 Å². The van der Waals surface area contributed by atoms with Crippen LogP contribution in [0.4, 0.5) is 0 Å².